The molecule has 2 aromatic carbocycles. The lowest BCUT2D eigenvalue weighted by molar-refractivity contribution is 0.116. The predicted molar refractivity (Wildman–Crippen MR) is 121 cm³/mol. The summed E-state index contributed by atoms with van der Waals surface area (Å²) in [6.07, 6.45) is 0.434. The van der Waals surface area contributed by atoms with Gasteiger partial charge in [0.15, 0.2) is 0 Å². The number of hydrogen-bond acceptors (Lipinski definition) is 3. The predicted octanol–water partition coefficient (Wildman–Crippen LogP) is 5.98. The molecular formula is C22H30BrNO3Si. The number of rotatable bonds is 9. The van der Waals surface area contributed by atoms with Crippen LogP contribution in [0.4, 0.5) is 4.79 Å². The van der Waals surface area contributed by atoms with Crippen molar-refractivity contribution in [1.29, 1.82) is 0 Å². The minimum Gasteiger partial charge on any atom is -0.489 e. The summed E-state index contributed by atoms with van der Waals surface area (Å²) in [5, 5.41) is 0. The molecule has 2 rings (SSSR count). The lowest BCUT2D eigenvalue weighted by atomic mass is 10.1. The standard InChI is InChI=1S/C22H30BrNO3Si/c1-24(22(25)26-14-15-28(2,3)4)13-12-19-16-20(23)10-11-21(19)27-17-18-8-6-5-7-9-18/h5-11,16H,12-15,17H2,1-4H3. The molecule has 0 saturated carbocycles. The first-order valence-corrected chi connectivity index (χ1v) is 14.1. The maximum absolute atomic E-state index is 12.2. The van der Waals surface area contributed by atoms with Gasteiger partial charge in [0.2, 0.25) is 0 Å². The van der Waals surface area contributed by atoms with Gasteiger partial charge in [0.1, 0.15) is 12.4 Å². The molecule has 0 aliphatic carbocycles. The Kier molecular flexibility index (Phi) is 8.57. The van der Waals surface area contributed by atoms with Crippen LogP contribution in [0.5, 0.6) is 5.75 Å². The summed E-state index contributed by atoms with van der Waals surface area (Å²) in [4.78, 5) is 13.8. The summed E-state index contributed by atoms with van der Waals surface area (Å²) in [5.41, 5.74) is 2.19. The van der Waals surface area contributed by atoms with Crippen LogP contribution in [-0.4, -0.2) is 39.3 Å². The van der Waals surface area contributed by atoms with E-state index in [0.29, 0.717) is 26.2 Å². The molecule has 0 saturated heterocycles. The Balaban J connectivity index is 1.90. The fourth-order valence-electron chi connectivity index (χ4n) is 2.55. The molecule has 0 aliphatic heterocycles. The molecule has 0 heterocycles. The van der Waals surface area contributed by atoms with Gasteiger partial charge in [-0.15, -0.1) is 0 Å². The van der Waals surface area contributed by atoms with Gasteiger partial charge in [-0.3, -0.25) is 0 Å². The second kappa shape index (κ2) is 10.7. The third-order valence-electron chi connectivity index (χ3n) is 4.37. The quantitative estimate of drug-likeness (QED) is 0.429. The van der Waals surface area contributed by atoms with Gasteiger partial charge in [0.05, 0.1) is 6.61 Å². The Morgan fingerprint density at radius 3 is 2.50 bits per heavy atom. The van der Waals surface area contributed by atoms with Gasteiger partial charge >= 0.3 is 6.09 Å². The number of benzene rings is 2. The normalized spacial score (nSPS) is 11.2. The molecule has 1 amide bonds. The van der Waals surface area contributed by atoms with Crippen LogP contribution in [0.1, 0.15) is 11.1 Å². The van der Waals surface area contributed by atoms with Crippen LogP contribution in [-0.2, 0) is 17.8 Å². The van der Waals surface area contributed by atoms with E-state index >= 15 is 0 Å². The van der Waals surface area contributed by atoms with E-state index in [1.807, 2.05) is 48.5 Å². The zero-order chi connectivity index (χ0) is 20.6. The van der Waals surface area contributed by atoms with Gasteiger partial charge < -0.3 is 14.4 Å². The average Bonchev–Trinajstić information content (AvgIpc) is 2.65. The molecule has 0 spiro atoms. The highest BCUT2D eigenvalue weighted by Crippen LogP contribution is 2.25. The number of likely N-dealkylation sites (N-methyl/N-ethyl adjacent to an activating group) is 1. The summed E-state index contributed by atoms with van der Waals surface area (Å²) in [6.45, 7) is 8.41. The van der Waals surface area contributed by atoms with Crippen LogP contribution in [0, 0.1) is 0 Å². The van der Waals surface area contributed by atoms with E-state index in [-0.39, 0.29) is 6.09 Å². The Morgan fingerprint density at radius 2 is 1.82 bits per heavy atom. The molecule has 0 aliphatic rings. The Labute approximate surface area is 178 Å². The van der Waals surface area contributed by atoms with Gasteiger partial charge in [0.25, 0.3) is 0 Å². The molecule has 4 nitrogen and oxygen atoms in total. The first kappa shape index (κ1) is 22.5. The van der Waals surface area contributed by atoms with Crippen molar-refractivity contribution in [1.82, 2.24) is 4.90 Å². The number of halogens is 1. The fourth-order valence-corrected chi connectivity index (χ4v) is 3.68. The van der Waals surface area contributed by atoms with E-state index in [0.717, 1.165) is 27.4 Å². The number of ether oxygens (including phenoxy) is 2. The molecule has 0 fully saturated rings. The Morgan fingerprint density at radius 1 is 1.11 bits per heavy atom. The number of hydrogen-bond donors (Lipinski definition) is 0. The molecule has 0 aromatic heterocycles. The van der Waals surface area contributed by atoms with Gasteiger partial charge in [-0.05, 0) is 41.8 Å². The zero-order valence-electron chi connectivity index (χ0n) is 17.2. The van der Waals surface area contributed by atoms with Crippen LogP contribution in [0.3, 0.4) is 0 Å². The van der Waals surface area contributed by atoms with Crippen molar-refractivity contribution in [3.05, 3.63) is 64.1 Å². The van der Waals surface area contributed by atoms with Crippen LogP contribution < -0.4 is 4.74 Å². The third kappa shape index (κ3) is 8.06. The van der Waals surface area contributed by atoms with Gasteiger partial charge in [0, 0.05) is 26.1 Å². The Hall–Kier alpha value is -1.79. The highest BCUT2D eigenvalue weighted by molar-refractivity contribution is 9.10. The number of carbonyl (C=O) groups is 1. The lowest BCUT2D eigenvalue weighted by Crippen LogP contribution is -2.31. The van der Waals surface area contributed by atoms with Crippen molar-refractivity contribution in [2.75, 3.05) is 20.2 Å². The smallest absolute Gasteiger partial charge is 0.409 e. The molecule has 0 atom stereocenters. The van der Waals surface area contributed by atoms with E-state index in [9.17, 15) is 4.79 Å². The minimum absolute atomic E-state index is 0.264. The van der Waals surface area contributed by atoms with E-state index in [2.05, 4.69) is 35.6 Å². The van der Waals surface area contributed by atoms with Crippen molar-refractivity contribution in [3.8, 4) is 5.75 Å². The Bertz CT molecular complexity index is 762. The summed E-state index contributed by atoms with van der Waals surface area (Å²) in [6, 6.07) is 17.1. The molecule has 28 heavy (non-hydrogen) atoms. The molecule has 0 N–H and O–H groups in total. The van der Waals surface area contributed by atoms with Gasteiger partial charge in [-0.1, -0.05) is 65.9 Å². The number of amides is 1. The topological polar surface area (TPSA) is 38.8 Å². The average molecular weight is 464 g/mol. The number of carbonyl (C=O) groups excluding carboxylic acids is 1. The first-order valence-electron chi connectivity index (χ1n) is 9.58. The monoisotopic (exact) mass is 463 g/mol. The highest BCUT2D eigenvalue weighted by Gasteiger charge is 2.16. The van der Waals surface area contributed by atoms with Crippen molar-refractivity contribution < 1.29 is 14.3 Å². The van der Waals surface area contributed by atoms with Gasteiger partial charge in [-0.25, -0.2) is 4.79 Å². The van der Waals surface area contributed by atoms with Crippen LogP contribution in [0.25, 0.3) is 0 Å². The van der Waals surface area contributed by atoms with Crippen LogP contribution >= 0.6 is 15.9 Å². The number of nitrogens with zero attached hydrogens (tertiary/aromatic N) is 1. The van der Waals surface area contributed by atoms with Crippen LogP contribution in [0.2, 0.25) is 25.7 Å². The first-order chi connectivity index (χ1) is 13.2. The SMILES string of the molecule is CN(CCc1cc(Br)ccc1OCc1ccccc1)C(=O)OCC[Si](C)(C)C. The largest absolute Gasteiger partial charge is 0.489 e. The maximum atomic E-state index is 12.2. The van der Waals surface area contributed by atoms with Crippen molar-refractivity contribution in [2.24, 2.45) is 0 Å². The van der Waals surface area contributed by atoms with Crippen molar-refractivity contribution in [2.45, 2.75) is 38.7 Å². The molecule has 0 bridgehead atoms. The maximum Gasteiger partial charge on any atom is 0.409 e. The summed E-state index contributed by atoms with van der Waals surface area (Å²) in [7, 11) is 0.579. The molecule has 152 valence electrons. The molecule has 0 unspecified atom stereocenters. The zero-order valence-corrected chi connectivity index (χ0v) is 19.8. The van der Waals surface area contributed by atoms with Crippen molar-refractivity contribution in [3.63, 3.8) is 0 Å². The molecule has 6 heteroatoms. The molecule has 2 aromatic rings. The second-order valence-electron chi connectivity index (χ2n) is 8.12. The van der Waals surface area contributed by atoms with Crippen molar-refractivity contribution >= 4 is 30.1 Å². The summed E-state index contributed by atoms with van der Waals surface area (Å²) >= 11 is 3.52. The molecular weight excluding hydrogens is 434 g/mol. The van der Waals surface area contributed by atoms with Gasteiger partial charge in [-0.2, -0.15) is 0 Å². The summed E-state index contributed by atoms with van der Waals surface area (Å²) in [5.74, 6) is 0.840. The fraction of sp³-hybridized carbons (Fsp3) is 0.409. The molecule has 0 radical (unpaired) electrons. The van der Waals surface area contributed by atoms with E-state index in [1.54, 1.807) is 11.9 Å². The minimum atomic E-state index is -1.20. The van der Waals surface area contributed by atoms with Crippen LogP contribution in [0.15, 0.2) is 53.0 Å². The third-order valence-corrected chi connectivity index (χ3v) is 6.56. The van der Waals surface area contributed by atoms with E-state index in [4.69, 9.17) is 9.47 Å². The van der Waals surface area contributed by atoms with E-state index < -0.39 is 8.07 Å². The van der Waals surface area contributed by atoms with E-state index in [1.165, 1.54) is 0 Å². The summed E-state index contributed by atoms with van der Waals surface area (Å²) < 4.78 is 12.4. The second-order valence-corrected chi connectivity index (χ2v) is 14.7. The highest BCUT2D eigenvalue weighted by atomic mass is 79.9. The lowest BCUT2D eigenvalue weighted by Gasteiger charge is -2.20.